The summed E-state index contributed by atoms with van der Waals surface area (Å²) >= 11 is 0.910. The number of sulfonamides is 1. The van der Waals surface area contributed by atoms with E-state index in [4.69, 9.17) is 0 Å². The van der Waals surface area contributed by atoms with Crippen LogP contribution in [0.15, 0.2) is 27.8 Å². The van der Waals surface area contributed by atoms with Crippen LogP contribution in [0.25, 0.3) is 0 Å². The third-order valence-electron chi connectivity index (χ3n) is 4.42. The molecule has 0 aliphatic rings. The Kier molecular flexibility index (Phi) is 6.76. The Morgan fingerprint density at radius 3 is 2.03 bits per heavy atom. The molecule has 9 heteroatoms. The molecule has 0 saturated heterocycles. The normalized spacial score (nSPS) is 12.5. The molecule has 29 heavy (non-hydrogen) atoms. The number of thiophene rings is 1. The lowest BCUT2D eigenvalue weighted by atomic mass is 9.92. The zero-order chi connectivity index (χ0) is 22.1. The van der Waals surface area contributed by atoms with Crippen LogP contribution in [0.1, 0.15) is 70.1 Å². The van der Waals surface area contributed by atoms with E-state index in [9.17, 15) is 22.7 Å². The fourth-order valence-electron chi connectivity index (χ4n) is 2.79. The fourth-order valence-corrected chi connectivity index (χ4v) is 5.04. The Bertz CT molecular complexity index is 977. The second-order valence-electron chi connectivity index (χ2n) is 8.04. The van der Waals surface area contributed by atoms with Crippen molar-refractivity contribution in [3.8, 4) is 0 Å². The van der Waals surface area contributed by atoms with Gasteiger partial charge in [-0.25, -0.2) is 22.3 Å². The first-order valence-corrected chi connectivity index (χ1v) is 11.6. The Morgan fingerprint density at radius 2 is 1.62 bits per heavy atom. The van der Waals surface area contributed by atoms with Crippen LogP contribution in [0, 0.1) is 5.82 Å². The van der Waals surface area contributed by atoms with E-state index in [1.807, 2.05) is 32.4 Å². The SMILES string of the molecule is CC(C)c1cc(F)cc(C(C)C)c1NC(=O)NS(=O)(=O)c1cc(C(C)(C)O)cs1. The van der Waals surface area contributed by atoms with Crippen molar-refractivity contribution in [3.05, 3.63) is 46.1 Å². The first-order valence-electron chi connectivity index (χ1n) is 9.21. The van der Waals surface area contributed by atoms with E-state index in [1.54, 1.807) is 13.8 Å². The smallest absolute Gasteiger partial charge is 0.333 e. The molecule has 3 N–H and O–H groups in total. The largest absolute Gasteiger partial charge is 0.386 e. The van der Waals surface area contributed by atoms with Gasteiger partial charge in [0.15, 0.2) is 0 Å². The molecule has 160 valence electrons. The third kappa shape index (κ3) is 5.55. The highest BCUT2D eigenvalue weighted by atomic mass is 32.2. The Morgan fingerprint density at radius 1 is 1.10 bits per heavy atom. The number of halogens is 1. The summed E-state index contributed by atoms with van der Waals surface area (Å²) in [6.45, 7) is 10.5. The molecule has 0 aliphatic carbocycles. The zero-order valence-corrected chi connectivity index (χ0v) is 19.0. The molecule has 0 unspecified atom stereocenters. The number of carbonyl (C=O) groups is 1. The van der Waals surface area contributed by atoms with Crippen LogP contribution in [-0.2, 0) is 15.6 Å². The van der Waals surface area contributed by atoms with Gasteiger partial charge in [0.05, 0.1) is 5.60 Å². The molecule has 0 aliphatic heterocycles. The maximum absolute atomic E-state index is 14.0. The number of aliphatic hydroxyl groups is 1. The van der Waals surface area contributed by atoms with Gasteiger partial charge in [0.1, 0.15) is 10.0 Å². The third-order valence-corrected chi connectivity index (χ3v) is 7.19. The van der Waals surface area contributed by atoms with Crippen LogP contribution in [0.4, 0.5) is 14.9 Å². The van der Waals surface area contributed by atoms with Gasteiger partial charge >= 0.3 is 6.03 Å². The Hall–Kier alpha value is -1.97. The Balaban J connectivity index is 2.32. The minimum atomic E-state index is -4.12. The number of hydrogen-bond acceptors (Lipinski definition) is 5. The Labute approximate surface area is 175 Å². The van der Waals surface area contributed by atoms with Gasteiger partial charge in [0.25, 0.3) is 10.0 Å². The number of nitrogens with one attached hydrogen (secondary N) is 2. The van der Waals surface area contributed by atoms with Crippen molar-refractivity contribution in [2.75, 3.05) is 5.32 Å². The van der Waals surface area contributed by atoms with Gasteiger partial charge in [-0.1, -0.05) is 27.7 Å². The molecule has 0 fully saturated rings. The molecule has 1 aromatic heterocycles. The van der Waals surface area contributed by atoms with Crippen molar-refractivity contribution in [1.82, 2.24) is 4.72 Å². The molecule has 0 atom stereocenters. The number of benzene rings is 1. The van der Waals surface area contributed by atoms with Crippen LogP contribution in [0.5, 0.6) is 0 Å². The van der Waals surface area contributed by atoms with Crippen LogP contribution >= 0.6 is 11.3 Å². The van der Waals surface area contributed by atoms with Gasteiger partial charge < -0.3 is 10.4 Å². The van der Waals surface area contributed by atoms with Gasteiger partial charge in [-0.05, 0) is 66.0 Å². The summed E-state index contributed by atoms with van der Waals surface area (Å²) in [6, 6.07) is 3.08. The van der Waals surface area contributed by atoms with Gasteiger partial charge in [-0.2, -0.15) is 0 Å². The van der Waals surface area contributed by atoms with Crippen molar-refractivity contribution in [1.29, 1.82) is 0 Å². The van der Waals surface area contributed by atoms with E-state index in [1.165, 1.54) is 23.6 Å². The molecular formula is C20H27FN2O4S2. The van der Waals surface area contributed by atoms with E-state index < -0.39 is 27.5 Å². The summed E-state index contributed by atoms with van der Waals surface area (Å²) in [5.41, 5.74) is 0.820. The molecule has 0 saturated carbocycles. The van der Waals surface area contributed by atoms with E-state index in [0.29, 0.717) is 22.4 Å². The number of amides is 2. The van der Waals surface area contributed by atoms with Gasteiger partial charge in [-0.3, -0.25) is 0 Å². The highest BCUT2D eigenvalue weighted by Gasteiger charge is 2.25. The molecule has 2 aromatic rings. The van der Waals surface area contributed by atoms with Crippen molar-refractivity contribution < 1.29 is 22.7 Å². The highest BCUT2D eigenvalue weighted by molar-refractivity contribution is 7.92. The number of hydrogen-bond donors (Lipinski definition) is 3. The molecule has 6 nitrogen and oxygen atoms in total. The molecule has 1 heterocycles. The van der Waals surface area contributed by atoms with Crippen LogP contribution in [-0.4, -0.2) is 19.6 Å². The van der Waals surface area contributed by atoms with Crippen LogP contribution in [0.2, 0.25) is 0 Å². The number of rotatable bonds is 6. The second kappa shape index (κ2) is 8.41. The molecule has 1 aromatic carbocycles. The predicted octanol–water partition coefficient (Wildman–Crippen LogP) is 4.87. The van der Waals surface area contributed by atoms with Crippen molar-refractivity contribution in [3.63, 3.8) is 0 Å². The molecule has 2 rings (SSSR count). The second-order valence-corrected chi connectivity index (χ2v) is 10.9. The number of carbonyl (C=O) groups excluding carboxylic acids is 1. The summed E-state index contributed by atoms with van der Waals surface area (Å²) in [7, 11) is -4.12. The summed E-state index contributed by atoms with van der Waals surface area (Å²) in [5.74, 6) is -0.572. The maximum Gasteiger partial charge on any atom is 0.333 e. The first kappa shape index (κ1) is 23.3. The first-order chi connectivity index (χ1) is 13.2. The van der Waals surface area contributed by atoms with E-state index in [-0.39, 0.29) is 16.0 Å². The van der Waals surface area contributed by atoms with Gasteiger partial charge in [0, 0.05) is 5.69 Å². The van der Waals surface area contributed by atoms with Crippen molar-refractivity contribution in [2.24, 2.45) is 0 Å². The topological polar surface area (TPSA) is 95.5 Å². The summed E-state index contributed by atoms with van der Waals surface area (Å²) < 4.78 is 41.0. The summed E-state index contributed by atoms with van der Waals surface area (Å²) in [5, 5.41) is 14.1. The van der Waals surface area contributed by atoms with E-state index >= 15 is 0 Å². The summed E-state index contributed by atoms with van der Waals surface area (Å²) in [4.78, 5) is 12.5. The average molecular weight is 443 g/mol. The van der Waals surface area contributed by atoms with E-state index in [2.05, 4.69) is 5.32 Å². The molecule has 0 spiro atoms. The zero-order valence-electron chi connectivity index (χ0n) is 17.3. The number of anilines is 1. The molecule has 0 bridgehead atoms. The average Bonchev–Trinajstić information content (AvgIpc) is 3.06. The van der Waals surface area contributed by atoms with Gasteiger partial charge in [-0.15, -0.1) is 11.3 Å². The maximum atomic E-state index is 14.0. The van der Waals surface area contributed by atoms with Gasteiger partial charge in [0.2, 0.25) is 0 Å². The summed E-state index contributed by atoms with van der Waals surface area (Å²) in [6.07, 6.45) is 0. The lowest BCUT2D eigenvalue weighted by Crippen LogP contribution is -2.34. The monoisotopic (exact) mass is 442 g/mol. The highest BCUT2D eigenvalue weighted by Crippen LogP contribution is 2.34. The van der Waals surface area contributed by atoms with Crippen LogP contribution < -0.4 is 10.0 Å². The van der Waals surface area contributed by atoms with Crippen molar-refractivity contribution >= 4 is 33.1 Å². The minimum absolute atomic E-state index is 0.0817. The quantitative estimate of drug-likeness (QED) is 0.595. The fraction of sp³-hybridized carbons (Fsp3) is 0.450. The number of urea groups is 1. The van der Waals surface area contributed by atoms with Crippen molar-refractivity contribution in [2.45, 2.75) is 63.2 Å². The standard InChI is InChI=1S/C20H27FN2O4S2/c1-11(2)15-8-14(21)9-16(12(3)4)18(15)22-19(24)23-29(26,27)17-7-13(10-28-17)20(5,6)25/h7-12,25H,1-6H3,(H2,22,23,24). The lowest BCUT2D eigenvalue weighted by molar-refractivity contribution is 0.0789. The predicted molar refractivity (Wildman–Crippen MR) is 113 cm³/mol. The molecule has 2 amide bonds. The molecular weight excluding hydrogens is 415 g/mol. The van der Waals surface area contributed by atoms with Crippen LogP contribution in [0.3, 0.4) is 0 Å². The van der Waals surface area contributed by atoms with E-state index in [0.717, 1.165) is 11.3 Å². The minimum Gasteiger partial charge on any atom is -0.386 e. The lowest BCUT2D eigenvalue weighted by Gasteiger charge is -2.20. The molecule has 0 radical (unpaired) electrons.